The summed E-state index contributed by atoms with van der Waals surface area (Å²) in [6, 6.07) is 11.0. The largest absolute Gasteiger partial charge is 0.493 e. The van der Waals surface area contributed by atoms with Crippen LogP contribution in [0.3, 0.4) is 0 Å². The van der Waals surface area contributed by atoms with Gasteiger partial charge in [-0.15, -0.1) is 10.2 Å². The molecule has 3 rings (SSSR count). The van der Waals surface area contributed by atoms with Gasteiger partial charge in [-0.1, -0.05) is 24.3 Å². The van der Waals surface area contributed by atoms with Gasteiger partial charge in [0.2, 0.25) is 12.3 Å². The molecule has 0 atom stereocenters. The Morgan fingerprint density at radius 2 is 2.07 bits per heavy atom. The second kappa shape index (κ2) is 8.85. The molecule has 0 aliphatic heterocycles. The fourth-order valence-corrected chi connectivity index (χ4v) is 2.62. The molecule has 0 unspecified atom stereocenters. The van der Waals surface area contributed by atoms with Crippen LogP contribution in [-0.4, -0.2) is 29.8 Å². The number of hydrogen-bond acceptors (Lipinski definition) is 6. The van der Waals surface area contributed by atoms with Gasteiger partial charge in [0.25, 0.3) is 5.91 Å². The van der Waals surface area contributed by atoms with Gasteiger partial charge in [-0.3, -0.25) is 4.79 Å². The van der Waals surface area contributed by atoms with Crippen LogP contribution in [0.5, 0.6) is 11.5 Å². The van der Waals surface area contributed by atoms with Gasteiger partial charge in [0.15, 0.2) is 18.1 Å². The maximum atomic E-state index is 12.4. The number of allylic oxidation sites excluding steroid dienone is 1. The van der Waals surface area contributed by atoms with E-state index in [9.17, 15) is 4.79 Å². The maximum absolute atomic E-state index is 12.4. The summed E-state index contributed by atoms with van der Waals surface area (Å²) in [5, 5.41) is 10.4. The smallest absolute Gasteiger partial charge is 0.262 e. The Morgan fingerprint density at radius 3 is 2.79 bits per heavy atom. The standard InChI is InChI=1S/C21H21N3O4/c1-4-5-15-7-9-18(19(10-15)26-3)27-12-20(25)23-17-11-16(8-6-14(17)2)21-24-22-13-28-21/h4-11,13H,12H2,1-3H3,(H,23,25)/b5-4-. The van der Waals surface area contributed by atoms with E-state index in [0.29, 0.717) is 23.1 Å². The van der Waals surface area contributed by atoms with Crippen LogP contribution >= 0.6 is 0 Å². The van der Waals surface area contributed by atoms with E-state index in [1.165, 1.54) is 6.39 Å². The number of hydrogen-bond donors (Lipinski definition) is 1. The van der Waals surface area contributed by atoms with Gasteiger partial charge in [0.1, 0.15) is 0 Å². The molecule has 1 amide bonds. The zero-order valence-electron chi connectivity index (χ0n) is 15.9. The highest BCUT2D eigenvalue weighted by atomic mass is 16.5. The van der Waals surface area contributed by atoms with E-state index in [4.69, 9.17) is 13.9 Å². The van der Waals surface area contributed by atoms with Crippen molar-refractivity contribution in [1.29, 1.82) is 0 Å². The molecule has 3 aromatic rings. The molecule has 28 heavy (non-hydrogen) atoms. The third-order valence-electron chi connectivity index (χ3n) is 4.02. The normalized spacial score (nSPS) is 10.8. The lowest BCUT2D eigenvalue weighted by atomic mass is 10.1. The van der Waals surface area contributed by atoms with Gasteiger partial charge in [0, 0.05) is 11.3 Å². The average molecular weight is 379 g/mol. The van der Waals surface area contributed by atoms with Gasteiger partial charge in [-0.25, -0.2) is 0 Å². The second-order valence-corrected chi connectivity index (χ2v) is 6.02. The van der Waals surface area contributed by atoms with E-state index in [2.05, 4.69) is 15.5 Å². The van der Waals surface area contributed by atoms with Gasteiger partial charge in [-0.2, -0.15) is 0 Å². The lowest BCUT2D eigenvalue weighted by Gasteiger charge is -2.13. The number of ether oxygens (including phenoxy) is 2. The Balaban J connectivity index is 1.67. The van der Waals surface area contributed by atoms with Crippen molar-refractivity contribution in [3.05, 3.63) is 60.0 Å². The van der Waals surface area contributed by atoms with Gasteiger partial charge < -0.3 is 19.2 Å². The fraction of sp³-hybridized carbons (Fsp3) is 0.190. The zero-order valence-corrected chi connectivity index (χ0v) is 15.9. The van der Waals surface area contributed by atoms with Crippen molar-refractivity contribution in [2.24, 2.45) is 0 Å². The van der Waals surface area contributed by atoms with E-state index in [1.807, 2.05) is 50.3 Å². The molecule has 0 aliphatic rings. The summed E-state index contributed by atoms with van der Waals surface area (Å²) < 4.78 is 16.2. The van der Waals surface area contributed by atoms with Crippen molar-refractivity contribution < 1.29 is 18.7 Å². The van der Waals surface area contributed by atoms with Gasteiger partial charge in [-0.05, 0) is 49.2 Å². The first-order chi connectivity index (χ1) is 13.6. The number of nitrogens with one attached hydrogen (secondary N) is 1. The molecule has 0 saturated heterocycles. The van der Waals surface area contributed by atoms with Crippen molar-refractivity contribution in [1.82, 2.24) is 10.2 Å². The first-order valence-electron chi connectivity index (χ1n) is 8.71. The Morgan fingerprint density at radius 1 is 1.21 bits per heavy atom. The highest BCUT2D eigenvalue weighted by Gasteiger charge is 2.11. The molecule has 1 heterocycles. The molecule has 1 aromatic heterocycles. The Labute approximate surface area is 163 Å². The third kappa shape index (κ3) is 4.56. The molecular formula is C21H21N3O4. The molecule has 0 aliphatic carbocycles. The number of carbonyl (C=O) groups excluding carboxylic acids is 1. The van der Waals surface area contributed by atoms with Crippen LogP contribution in [0, 0.1) is 6.92 Å². The van der Waals surface area contributed by atoms with Crippen LogP contribution in [-0.2, 0) is 4.79 Å². The monoisotopic (exact) mass is 379 g/mol. The zero-order chi connectivity index (χ0) is 19.9. The molecule has 144 valence electrons. The molecular weight excluding hydrogens is 358 g/mol. The van der Waals surface area contributed by atoms with Crippen molar-refractivity contribution in [3.63, 3.8) is 0 Å². The first-order valence-corrected chi connectivity index (χ1v) is 8.71. The number of anilines is 1. The van der Waals surface area contributed by atoms with Crippen molar-refractivity contribution in [3.8, 4) is 23.0 Å². The predicted octanol–water partition coefficient (Wildman–Crippen LogP) is 4.10. The van der Waals surface area contributed by atoms with Crippen LogP contribution < -0.4 is 14.8 Å². The van der Waals surface area contributed by atoms with E-state index in [-0.39, 0.29) is 12.5 Å². The summed E-state index contributed by atoms with van der Waals surface area (Å²) in [5.41, 5.74) is 3.27. The Hall–Kier alpha value is -3.61. The summed E-state index contributed by atoms with van der Waals surface area (Å²) in [4.78, 5) is 12.4. The maximum Gasteiger partial charge on any atom is 0.262 e. The fourth-order valence-electron chi connectivity index (χ4n) is 2.62. The van der Waals surface area contributed by atoms with Gasteiger partial charge in [0.05, 0.1) is 7.11 Å². The SMILES string of the molecule is C/C=C\c1ccc(OCC(=O)Nc2cc(-c3nnco3)ccc2C)c(OC)c1. The number of amides is 1. The number of nitrogens with zero attached hydrogens (tertiary/aromatic N) is 2. The predicted molar refractivity (Wildman–Crippen MR) is 106 cm³/mol. The summed E-state index contributed by atoms with van der Waals surface area (Å²) in [5.74, 6) is 1.17. The minimum atomic E-state index is -0.287. The summed E-state index contributed by atoms with van der Waals surface area (Å²) in [7, 11) is 1.56. The van der Waals surface area contributed by atoms with Crippen molar-refractivity contribution in [2.75, 3.05) is 19.0 Å². The molecule has 0 radical (unpaired) electrons. The molecule has 0 spiro atoms. The molecule has 7 nitrogen and oxygen atoms in total. The summed E-state index contributed by atoms with van der Waals surface area (Å²) in [6.45, 7) is 3.69. The number of benzene rings is 2. The highest BCUT2D eigenvalue weighted by molar-refractivity contribution is 5.93. The lowest BCUT2D eigenvalue weighted by molar-refractivity contribution is -0.118. The second-order valence-electron chi connectivity index (χ2n) is 6.02. The Kier molecular flexibility index (Phi) is 6.06. The highest BCUT2D eigenvalue weighted by Crippen LogP contribution is 2.29. The summed E-state index contributed by atoms with van der Waals surface area (Å²) in [6.07, 6.45) is 5.15. The Bertz CT molecular complexity index is 981. The number of methoxy groups -OCH3 is 1. The molecule has 2 aromatic carbocycles. The first kappa shape index (κ1) is 19.2. The van der Waals surface area contributed by atoms with Gasteiger partial charge >= 0.3 is 0 Å². The van der Waals surface area contributed by atoms with E-state index >= 15 is 0 Å². The lowest BCUT2D eigenvalue weighted by Crippen LogP contribution is -2.20. The van der Waals surface area contributed by atoms with Crippen LogP contribution in [0.4, 0.5) is 5.69 Å². The van der Waals surface area contributed by atoms with E-state index in [0.717, 1.165) is 16.7 Å². The molecule has 7 heteroatoms. The van der Waals surface area contributed by atoms with Crippen LogP contribution in [0.1, 0.15) is 18.1 Å². The van der Waals surface area contributed by atoms with Crippen LogP contribution in [0.15, 0.2) is 53.3 Å². The number of rotatable bonds is 7. The molecule has 1 N–H and O–H groups in total. The average Bonchev–Trinajstić information content (AvgIpc) is 3.23. The molecule has 0 saturated carbocycles. The number of aryl methyl sites for hydroxylation is 1. The van der Waals surface area contributed by atoms with Crippen molar-refractivity contribution in [2.45, 2.75) is 13.8 Å². The number of carbonyl (C=O) groups is 1. The van der Waals surface area contributed by atoms with Crippen LogP contribution in [0.2, 0.25) is 0 Å². The van der Waals surface area contributed by atoms with Crippen molar-refractivity contribution >= 4 is 17.7 Å². The third-order valence-corrected chi connectivity index (χ3v) is 4.02. The quantitative estimate of drug-likeness (QED) is 0.665. The van der Waals surface area contributed by atoms with Crippen LogP contribution in [0.25, 0.3) is 17.5 Å². The topological polar surface area (TPSA) is 86.5 Å². The number of aromatic nitrogens is 2. The molecule has 0 bridgehead atoms. The minimum absolute atomic E-state index is 0.149. The molecule has 0 fully saturated rings. The minimum Gasteiger partial charge on any atom is -0.493 e. The summed E-state index contributed by atoms with van der Waals surface area (Å²) >= 11 is 0. The van der Waals surface area contributed by atoms with E-state index < -0.39 is 0 Å². The van der Waals surface area contributed by atoms with E-state index in [1.54, 1.807) is 19.2 Å².